The molecule has 0 aliphatic rings. The zero-order valence-electron chi connectivity index (χ0n) is 14.2. The molecule has 3 rings (SSSR count). The minimum Gasteiger partial charge on any atom is -0.484 e. The number of carbonyl (C=O) groups excluding carboxylic acids is 1. The Labute approximate surface area is 158 Å². The number of nitrogens with one attached hydrogen (secondary N) is 1. The highest BCUT2D eigenvalue weighted by Gasteiger charge is 2.00. The second kappa shape index (κ2) is 9.60. The maximum Gasteiger partial charge on any atom is 0.255 e. The lowest BCUT2D eigenvalue weighted by atomic mass is 10.2. The molecule has 1 heterocycles. The van der Waals surface area contributed by atoms with Crippen molar-refractivity contribution in [3.05, 3.63) is 78.1 Å². The Kier molecular flexibility index (Phi) is 7.20. The average molecular weight is 373 g/mol. The highest BCUT2D eigenvalue weighted by atomic mass is 35.5. The summed E-state index contributed by atoms with van der Waals surface area (Å²) in [6.45, 7) is 1.42. The van der Waals surface area contributed by atoms with Crippen molar-refractivity contribution in [2.75, 3.05) is 6.61 Å². The molecule has 0 saturated heterocycles. The number of nitrogens with two attached hydrogens (primary N) is 1. The van der Waals surface area contributed by atoms with Gasteiger partial charge in [-0.05, 0) is 41.5 Å². The van der Waals surface area contributed by atoms with Crippen LogP contribution in [0.2, 0.25) is 0 Å². The number of amides is 1. The van der Waals surface area contributed by atoms with Crippen LogP contribution in [0.3, 0.4) is 0 Å². The quantitative estimate of drug-likeness (QED) is 0.636. The van der Waals surface area contributed by atoms with Crippen LogP contribution in [0.1, 0.15) is 11.1 Å². The number of hydrogen-bond donors (Lipinski definition) is 2. The van der Waals surface area contributed by atoms with Crippen LogP contribution in [0.25, 0.3) is 5.69 Å². The van der Waals surface area contributed by atoms with E-state index in [1.807, 2.05) is 41.2 Å². The molecule has 7 heteroatoms. The highest BCUT2D eigenvalue weighted by Crippen LogP contribution is 2.12. The highest BCUT2D eigenvalue weighted by molar-refractivity contribution is 5.85. The standard InChI is InChI=1S/C19H20N4O2.ClH/c20-19(24)14-25-18-8-4-16(5-9-18)13-21-12-15-2-6-17(7-3-15)23-11-1-10-22-23;/h1-11,21H,12-14H2,(H2,20,24);1H. The smallest absolute Gasteiger partial charge is 0.255 e. The van der Waals surface area contributed by atoms with Crippen LogP contribution in [0.15, 0.2) is 67.0 Å². The molecule has 0 bridgehead atoms. The van der Waals surface area contributed by atoms with E-state index in [2.05, 4.69) is 34.7 Å². The minimum absolute atomic E-state index is 0. The second-order valence-corrected chi connectivity index (χ2v) is 5.62. The third-order valence-corrected chi connectivity index (χ3v) is 3.67. The molecule has 26 heavy (non-hydrogen) atoms. The first kappa shape index (κ1) is 19.5. The van der Waals surface area contributed by atoms with Crippen molar-refractivity contribution >= 4 is 18.3 Å². The van der Waals surface area contributed by atoms with Gasteiger partial charge in [0.2, 0.25) is 0 Å². The number of carbonyl (C=O) groups is 1. The molecule has 1 aromatic heterocycles. The molecule has 0 saturated carbocycles. The number of hydrogen-bond acceptors (Lipinski definition) is 4. The molecule has 0 radical (unpaired) electrons. The van der Waals surface area contributed by atoms with Crippen molar-refractivity contribution in [3.8, 4) is 11.4 Å². The molecule has 6 nitrogen and oxygen atoms in total. The zero-order valence-corrected chi connectivity index (χ0v) is 15.0. The van der Waals surface area contributed by atoms with Gasteiger partial charge in [-0.25, -0.2) is 4.68 Å². The molecular formula is C19H21ClN4O2. The largest absolute Gasteiger partial charge is 0.484 e. The molecule has 3 aromatic rings. The van der Waals surface area contributed by atoms with Gasteiger partial charge in [0.05, 0.1) is 5.69 Å². The molecule has 0 unspecified atom stereocenters. The lowest BCUT2D eigenvalue weighted by molar-refractivity contribution is -0.119. The Morgan fingerprint density at radius 3 is 2.19 bits per heavy atom. The van der Waals surface area contributed by atoms with E-state index in [1.54, 1.807) is 6.20 Å². The molecule has 136 valence electrons. The number of benzene rings is 2. The van der Waals surface area contributed by atoms with Gasteiger partial charge in [0, 0.05) is 25.5 Å². The van der Waals surface area contributed by atoms with Gasteiger partial charge in [-0.2, -0.15) is 5.10 Å². The Balaban J connectivity index is 0.00000243. The number of nitrogens with zero attached hydrogens (tertiary/aromatic N) is 2. The van der Waals surface area contributed by atoms with E-state index in [1.165, 1.54) is 5.56 Å². The first-order valence-corrected chi connectivity index (χ1v) is 8.00. The number of rotatable bonds is 8. The lowest BCUT2D eigenvalue weighted by Gasteiger charge is -2.08. The third-order valence-electron chi connectivity index (χ3n) is 3.67. The monoisotopic (exact) mass is 372 g/mol. The van der Waals surface area contributed by atoms with Crippen LogP contribution in [0, 0.1) is 0 Å². The van der Waals surface area contributed by atoms with Crippen LogP contribution in [0.4, 0.5) is 0 Å². The number of aromatic nitrogens is 2. The Morgan fingerprint density at radius 1 is 1.04 bits per heavy atom. The van der Waals surface area contributed by atoms with Gasteiger partial charge in [0.25, 0.3) is 5.91 Å². The van der Waals surface area contributed by atoms with E-state index >= 15 is 0 Å². The first-order chi connectivity index (χ1) is 12.2. The van der Waals surface area contributed by atoms with Gasteiger partial charge in [-0.3, -0.25) is 4.79 Å². The van der Waals surface area contributed by atoms with Crippen LogP contribution in [0.5, 0.6) is 5.75 Å². The molecule has 3 N–H and O–H groups in total. The Bertz CT molecular complexity index is 803. The predicted molar refractivity (Wildman–Crippen MR) is 102 cm³/mol. The molecule has 0 spiro atoms. The van der Waals surface area contributed by atoms with Crippen LogP contribution >= 0.6 is 12.4 Å². The lowest BCUT2D eigenvalue weighted by Crippen LogP contribution is -2.20. The summed E-state index contributed by atoms with van der Waals surface area (Å²) in [7, 11) is 0. The molecule has 0 fully saturated rings. The summed E-state index contributed by atoms with van der Waals surface area (Å²) in [5, 5.41) is 7.62. The molecule has 0 aliphatic carbocycles. The third kappa shape index (κ3) is 5.61. The van der Waals surface area contributed by atoms with Gasteiger partial charge >= 0.3 is 0 Å². The normalized spacial score (nSPS) is 10.2. The van der Waals surface area contributed by atoms with Crippen LogP contribution in [-0.4, -0.2) is 22.3 Å². The van der Waals surface area contributed by atoms with Crippen molar-refractivity contribution in [3.63, 3.8) is 0 Å². The Morgan fingerprint density at radius 2 is 1.65 bits per heavy atom. The second-order valence-electron chi connectivity index (χ2n) is 5.62. The number of ether oxygens (including phenoxy) is 1. The fraction of sp³-hybridized carbons (Fsp3) is 0.158. The van der Waals surface area contributed by atoms with E-state index in [0.717, 1.165) is 24.3 Å². The zero-order chi connectivity index (χ0) is 17.5. The van der Waals surface area contributed by atoms with Crippen molar-refractivity contribution in [1.29, 1.82) is 0 Å². The summed E-state index contributed by atoms with van der Waals surface area (Å²) in [4.78, 5) is 10.7. The fourth-order valence-electron chi connectivity index (χ4n) is 2.40. The van der Waals surface area contributed by atoms with E-state index in [0.29, 0.717) is 5.75 Å². The predicted octanol–water partition coefficient (Wildman–Crippen LogP) is 2.45. The van der Waals surface area contributed by atoms with E-state index in [4.69, 9.17) is 10.5 Å². The van der Waals surface area contributed by atoms with Gasteiger partial charge < -0.3 is 15.8 Å². The summed E-state index contributed by atoms with van der Waals surface area (Å²) in [6, 6.07) is 17.8. The average Bonchev–Trinajstić information content (AvgIpc) is 3.16. The maximum absolute atomic E-state index is 10.7. The van der Waals surface area contributed by atoms with E-state index < -0.39 is 5.91 Å². The summed E-state index contributed by atoms with van der Waals surface area (Å²) in [6.07, 6.45) is 3.68. The van der Waals surface area contributed by atoms with Crippen molar-refractivity contribution in [2.45, 2.75) is 13.1 Å². The molecule has 0 atom stereocenters. The fourth-order valence-corrected chi connectivity index (χ4v) is 2.40. The summed E-state index contributed by atoms with van der Waals surface area (Å²) >= 11 is 0. The van der Waals surface area contributed by atoms with Crippen molar-refractivity contribution in [2.24, 2.45) is 5.73 Å². The van der Waals surface area contributed by atoms with Crippen LogP contribution < -0.4 is 15.8 Å². The van der Waals surface area contributed by atoms with Gasteiger partial charge in [-0.15, -0.1) is 12.4 Å². The van der Waals surface area contributed by atoms with E-state index in [9.17, 15) is 4.79 Å². The number of primary amides is 1. The van der Waals surface area contributed by atoms with Gasteiger partial charge in [0.1, 0.15) is 5.75 Å². The maximum atomic E-state index is 10.7. The van der Waals surface area contributed by atoms with E-state index in [-0.39, 0.29) is 19.0 Å². The Hall–Kier alpha value is -2.83. The molecule has 0 aliphatic heterocycles. The van der Waals surface area contributed by atoms with Crippen molar-refractivity contribution in [1.82, 2.24) is 15.1 Å². The minimum atomic E-state index is -0.482. The summed E-state index contributed by atoms with van der Waals surface area (Å²) in [5.74, 6) is 0.154. The number of halogens is 1. The van der Waals surface area contributed by atoms with Gasteiger partial charge in [0.15, 0.2) is 6.61 Å². The topological polar surface area (TPSA) is 82.2 Å². The summed E-state index contributed by atoms with van der Waals surface area (Å²) in [5.41, 5.74) is 8.44. The van der Waals surface area contributed by atoms with Gasteiger partial charge in [-0.1, -0.05) is 24.3 Å². The molecular weight excluding hydrogens is 352 g/mol. The van der Waals surface area contributed by atoms with Crippen LogP contribution in [-0.2, 0) is 17.9 Å². The molecule has 2 aromatic carbocycles. The molecule has 1 amide bonds. The summed E-state index contributed by atoms with van der Waals surface area (Å²) < 4.78 is 7.07. The SMILES string of the molecule is Cl.NC(=O)COc1ccc(CNCc2ccc(-n3cccn3)cc2)cc1. The van der Waals surface area contributed by atoms with Crippen molar-refractivity contribution < 1.29 is 9.53 Å². The first-order valence-electron chi connectivity index (χ1n) is 8.00.